The van der Waals surface area contributed by atoms with Gasteiger partial charge >= 0.3 is 12.1 Å². The SMILES string of the molecule is CCC1(O)C(=O)OCc2c1cc1n(c2=O)Cc2c-1nc1cc(F)c(C)c3c1c2C(NC(=O)C(N)(Cc1ccccc1)C(F)(F)F)CC3. The Labute approximate surface area is 265 Å². The van der Waals surface area contributed by atoms with E-state index in [1.54, 1.807) is 32.0 Å². The molecule has 3 atom stereocenters. The number of fused-ring (bicyclic) bond motifs is 5. The number of aliphatic hydroxyl groups is 1. The van der Waals surface area contributed by atoms with E-state index in [9.17, 15) is 32.7 Å². The van der Waals surface area contributed by atoms with Gasteiger partial charge in [-0.25, -0.2) is 14.2 Å². The van der Waals surface area contributed by atoms with Crippen molar-refractivity contribution >= 4 is 22.8 Å². The molecule has 0 radical (unpaired) electrons. The lowest BCUT2D eigenvalue weighted by molar-refractivity contribution is -0.191. The summed E-state index contributed by atoms with van der Waals surface area (Å²) in [6.07, 6.45) is -5.60. The average Bonchev–Trinajstić information content (AvgIpc) is 3.40. The van der Waals surface area contributed by atoms with Crippen LogP contribution in [0.2, 0.25) is 0 Å². The predicted octanol–water partition coefficient (Wildman–Crippen LogP) is 4.13. The number of cyclic esters (lactones) is 1. The Morgan fingerprint density at radius 3 is 2.57 bits per heavy atom. The molecule has 0 saturated heterocycles. The molecule has 0 fully saturated rings. The van der Waals surface area contributed by atoms with Crippen LogP contribution in [0.5, 0.6) is 0 Å². The molecule has 2 aliphatic heterocycles. The van der Waals surface area contributed by atoms with E-state index in [0.717, 1.165) is 0 Å². The highest BCUT2D eigenvalue weighted by atomic mass is 19.4. The molecule has 4 N–H and O–H groups in total. The molecule has 9 nitrogen and oxygen atoms in total. The third-order valence-corrected chi connectivity index (χ3v) is 9.92. The summed E-state index contributed by atoms with van der Waals surface area (Å²) >= 11 is 0. The van der Waals surface area contributed by atoms with E-state index in [-0.39, 0.29) is 66.0 Å². The Morgan fingerprint density at radius 1 is 1.17 bits per heavy atom. The zero-order valence-electron chi connectivity index (χ0n) is 25.4. The lowest BCUT2D eigenvalue weighted by Gasteiger charge is -2.35. The first-order chi connectivity index (χ1) is 22.2. The molecular formula is C34H30F4N4O5. The second kappa shape index (κ2) is 10.4. The Morgan fingerprint density at radius 2 is 1.89 bits per heavy atom. The van der Waals surface area contributed by atoms with Gasteiger partial charge in [0.1, 0.15) is 12.4 Å². The van der Waals surface area contributed by atoms with Crippen LogP contribution in [-0.2, 0) is 45.9 Å². The third-order valence-electron chi connectivity index (χ3n) is 9.92. The fourth-order valence-corrected chi connectivity index (χ4v) is 7.21. The molecule has 3 unspecified atom stereocenters. The van der Waals surface area contributed by atoms with Gasteiger partial charge in [0.15, 0.2) is 11.1 Å². The highest BCUT2D eigenvalue weighted by Gasteiger charge is 2.58. The number of nitrogens with one attached hydrogen (secondary N) is 1. The van der Waals surface area contributed by atoms with Crippen molar-refractivity contribution in [1.29, 1.82) is 0 Å². The maximum Gasteiger partial charge on any atom is 0.415 e. The van der Waals surface area contributed by atoms with Crippen molar-refractivity contribution in [3.8, 4) is 11.4 Å². The first kappa shape index (κ1) is 31.0. The van der Waals surface area contributed by atoms with Crippen molar-refractivity contribution < 1.29 is 37.0 Å². The maximum absolute atomic E-state index is 15.2. The van der Waals surface area contributed by atoms with E-state index in [4.69, 9.17) is 15.5 Å². The molecule has 0 spiro atoms. The standard InChI is InChI=1S/C34H30F4N4O5/c1-3-32(46)21-11-25-28-19(14-42(25)29(43)20(21)15-47-31(32)45)27-23(10-9-18-16(2)22(35)12-24(40-28)26(18)27)41-30(44)33(39,34(36,37)38)13-17-7-5-4-6-8-17/h4-8,11-12,23,46H,3,9-10,13-15,39H2,1-2H3,(H,41,44). The van der Waals surface area contributed by atoms with Crippen LogP contribution >= 0.6 is 0 Å². The molecule has 47 heavy (non-hydrogen) atoms. The summed E-state index contributed by atoms with van der Waals surface area (Å²) in [7, 11) is 0. The number of halogens is 4. The summed E-state index contributed by atoms with van der Waals surface area (Å²) in [5.74, 6) is -2.85. The zero-order valence-corrected chi connectivity index (χ0v) is 25.4. The molecule has 3 aliphatic rings. The van der Waals surface area contributed by atoms with E-state index in [1.165, 1.54) is 28.8 Å². The van der Waals surface area contributed by atoms with Crippen molar-refractivity contribution in [3.05, 3.63) is 97.6 Å². The van der Waals surface area contributed by atoms with Gasteiger partial charge in [-0.1, -0.05) is 37.3 Å². The summed E-state index contributed by atoms with van der Waals surface area (Å²) in [4.78, 5) is 44.8. The lowest BCUT2D eigenvalue weighted by Crippen LogP contribution is -2.65. The van der Waals surface area contributed by atoms with Crippen LogP contribution in [0.3, 0.4) is 0 Å². The molecular weight excluding hydrogens is 620 g/mol. The van der Waals surface area contributed by atoms with Gasteiger partial charge < -0.3 is 25.5 Å². The maximum atomic E-state index is 15.2. The molecule has 2 aromatic heterocycles. The number of alkyl halides is 3. The normalized spacial score (nSPS) is 21.0. The molecule has 1 amide bonds. The molecule has 4 aromatic rings. The average molecular weight is 651 g/mol. The summed E-state index contributed by atoms with van der Waals surface area (Å²) in [6, 6.07) is 9.40. The van der Waals surface area contributed by atoms with Crippen molar-refractivity contribution in [3.63, 3.8) is 0 Å². The first-order valence-corrected chi connectivity index (χ1v) is 15.2. The number of rotatable bonds is 5. The number of aryl methyl sites for hydroxylation is 1. The Kier molecular flexibility index (Phi) is 6.89. The van der Waals surface area contributed by atoms with Gasteiger partial charge in [-0.15, -0.1) is 0 Å². The highest BCUT2D eigenvalue weighted by molar-refractivity contribution is 5.95. The smallest absolute Gasteiger partial charge is 0.415 e. The summed E-state index contributed by atoms with van der Waals surface area (Å²) in [5, 5.41) is 14.3. The number of hydrogen-bond donors (Lipinski definition) is 3. The minimum Gasteiger partial charge on any atom is -0.458 e. The number of nitrogens with two attached hydrogens (primary N) is 1. The molecule has 13 heteroatoms. The second-order valence-corrected chi connectivity index (χ2v) is 12.5. The summed E-state index contributed by atoms with van der Waals surface area (Å²) in [6.45, 7) is 2.76. The predicted molar refractivity (Wildman–Crippen MR) is 162 cm³/mol. The minimum absolute atomic E-state index is 0.0627. The topological polar surface area (TPSA) is 137 Å². The van der Waals surface area contributed by atoms with Gasteiger partial charge in [0.05, 0.1) is 35.1 Å². The minimum atomic E-state index is -5.10. The molecule has 7 rings (SSSR count). The van der Waals surface area contributed by atoms with Gasteiger partial charge in [0.2, 0.25) is 5.91 Å². The number of pyridine rings is 2. The van der Waals surface area contributed by atoms with Crippen LogP contribution < -0.4 is 16.6 Å². The summed E-state index contributed by atoms with van der Waals surface area (Å²) < 4.78 is 65.3. The van der Waals surface area contributed by atoms with Gasteiger partial charge in [0.25, 0.3) is 5.56 Å². The van der Waals surface area contributed by atoms with Crippen LogP contribution in [0, 0.1) is 12.7 Å². The zero-order chi connectivity index (χ0) is 33.6. The van der Waals surface area contributed by atoms with E-state index in [1.807, 2.05) is 0 Å². The molecule has 244 valence electrons. The van der Waals surface area contributed by atoms with Gasteiger partial charge in [-0.3, -0.25) is 9.59 Å². The number of amides is 1. The number of nitrogens with zero attached hydrogens (tertiary/aromatic N) is 2. The van der Waals surface area contributed by atoms with Crippen molar-refractivity contribution in [1.82, 2.24) is 14.9 Å². The monoisotopic (exact) mass is 650 g/mol. The van der Waals surface area contributed by atoms with Crippen LogP contribution in [0.1, 0.15) is 64.8 Å². The van der Waals surface area contributed by atoms with Crippen molar-refractivity contribution in [2.24, 2.45) is 5.73 Å². The lowest BCUT2D eigenvalue weighted by atomic mass is 9.81. The molecule has 1 aliphatic carbocycles. The van der Waals surface area contributed by atoms with Gasteiger partial charge in [-0.2, -0.15) is 13.2 Å². The van der Waals surface area contributed by atoms with Gasteiger partial charge in [0, 0.05) is 29.0 Å². The summed E-state index contributed by atoms with van der Waals surface area (Å²) in [5.41, 5.74) is 2.95. The molecule has 4 heterocycles. The fourth-order valence-electron chi connectivity index (χ4n) is 7.21. The van der Waals surface area contributed by atoms with E-state index < -0.39 is 53.0 Å². The number of ether oxygens (including phenoxy) is 1. The Hall–Kier alpha value is -4.62. The molecule has 2 aromatic carbocycles. The largest absolute Gasteiger partial charge is 0.458 e. The first-order valence-electron chi connectivity index (χ1n) is 15.2. The number of benzene rings is 2. The van der Waals surface area contributed by atoms with Crippen LogP contribution in [0.25, 0.3) is 22.3 Å². The second-order valence-electron chi connectivity index (χ2n) is 12.5. The van der Waals surface area contributed by atoms with Crippen LogP contribution in [-0.4, -0.2) is 38.2 Å². The van der Waals surface area contributed by atoms with Gasteiger partial charge in [-0.05, 0) is 54.5 Å². The van der Waals surface area contributed by atoms with E-state index >= 15 is 4.39 Å². The van der Waals surface area contributed by atoms with E-state index in [0.29, 0.717) is 27.6 Å². The molecule has 0 bridgehead atoms. The van der Waals surface area contributed by atoms with Crippen molar-refractivity contribution in [2.75, 3.05) is 0 Å². The number of aromatic nitrogens is 2. The van der Waals surface area contributed by atoms with Crippen molar-refractivity contribution in [2.45, 2.75) is 76.0 Å². The quantitative estimate of drug-likeness (QED) is 0.192. The van der Waals surface area contributed by atoms with Crippen LogP contribution in [0.4, 0.5) is 17.6 Å². The molecule has 0 saturated carbocycles. The number of esters is 1. The highest BCUT2D eigenvalue weighted by Crippen LogP contribution is 2.46. The fraction of sp³-hybridized carbons (Fsp3) is 0.353. The Bertz CT molecular complexity index is 2080. The Balaban J connectivity index is 1.40. The van der Waals surface area contributed by atoms with E-state index in [2.05, 4.69) is 5.32 Å². The number of hydrogen-bond acceptors (Lipinski definition) is 7. The van der Waals surface area contributed by atoms with Crippen LogP contribution in [0.15, 0.2) is 47.3 Å². The number of carbonyl (C=O) groups is 2. The number of carbonyl (C=O) groups excluding carboxylic acids is 2. The third kappa shape index (κ3) is 4.43.